The Kier molecular flexibility index (Phi) is 3.97. The molecule has 1 amide bonds. The number of pyridine rings is 2. The van der Waals surface area contributed by atoms with Crippen LogP contribution >= 0.6 is 0 Å². The van der Waals surface area contributed by atoms with Gasteiger partial charge in [-0.15, -0.1) is 0 Å². The number of hydrogen-bond donors (Lipinski definition) is 2. The minimum atomic E-state index is 0.0108. The maximum absolute atomic E-state index is 12.2. The summed E-state index contributed by atoms with van der Waals surface area (Å²) in [4.78, 5) is 24.2. The van der Waals surface area contributed by atoms with Crippen LogP contribution in [0.25, 0.3) is 22.2 Å². The van der Waals surface area contributed by atoms with Crippen molar-refractivity contribution in [1.82, 2.24) is 15.0 Å². The SMILES string of the molecule is COC1CC(C(=O)Nc2cc3[nH]c(-c4ccnc(C)c4)cc3cn2)C1. The highest BCUT2D eigenvalue weighted by Crippen LogP contribution is 2.31. The number of fused-ring (bicyclic) bond motifs is 1. The first-order valence-electron chi connectivity index (χ1n) is 8.38. The molecule has 1 aliphatic rings. The van der Waals surface area contributed by atoms with Crippen LogP contribution in [0.15, 0.2) is 36.7 Å². The van der Waals surface area contributed by atoms with Crippen LogP contribution in [0.3, 0.4) is 0 Å². The third-order valence-electron chi connectivity index (χ3n) is 4.76. The number of rotatable bonds is 4. The highest BCUT2D eigenvalue weighted by Gasteiger charge is 2.34. The van der Waals surface area contributed by atoms with Crippen LogP contribution in [0.5, 0.6) is 0 Å². The zero-order valence-electron chi connectivity index (χ0n) is 14.2. The molecular weight excluding hydrogens is 316 g/mol. The summed E-state index contributed by atoms with van der Waals surface area (Å²) in [5, 5.41) is 3.91. The average Bonchev–Trinajstić information content (AvgIpc) is 2.97. The van der Waals surface area contributed by atoms with E-state index in [1.807, 2.05) is 25.1 Å². The number of hydrogen-bond acceptors (Lipinski definition) is 4. The lowest BCUT2D eigenvalue weighted by molar-refractivity contribution is -0.127. The Morgan fingerprint density at radius 1 is 1.28 bits per heavy atom. The van der Waals surface area contributed by atoms with Crippen molar-refractivity contribution in [2.45, 2.75) is 25.9 Å². The Hall–Kier alpha value is -2.73. The first-order valence-corrected chi connectivity index (χ1v) is 8.38. The van der Waals surface area contributed by atoms with Crippen molar-refractivity contribution in [2.24, 2.45) is 5.92 Å². The van der Waals surface area contributed by atoms with Crippen LogP contribution in [0, 0.1) is 12.8 Å². The number of anilines is 1. The van der Waals surface area contributed by atoms with Gasteiger partial charge >= 0.3 is 0 Å². The predicted octanol–water partition coefficient (Wildman–Crippen LogP) is 3.30. The average molecular weight is 336 g/mol. The van der Waals surface area contributed by atoms with Crippen LogP contribution in [-0.2, 0) is 9.53 Å². The van der Waals surface area contributed by atoms with E-state index in [1.165, 1.54) is 0 Å². The summed E-state index contributed by atoms with van der Waals surface area (Å²) < 4.78 is 5.22. The first-order chi connectivity index (χ1) is 12.1. The molecule has 128 valence electrons. The van der Waals surface area contributed by atoms with Gasteiger partial charge < -0.3 is 15.0 Å². The fraction of sp³-hybridized carbons (Fsp3) is 0.316. The molecule has 0 aliphatic heterocycles. The van der Waals surface area contributed by atoms with Gasteiger partial charge in [0.25, 0.3) is 0 Å². The molecule has 0 aromatic carbocycles. The van der Waals surface area contributed by atoms with Crippen molar-refractivity contribution >= 4 is 22.6 Å². The van der Waals surface area contributed by atoms with Crippen molar-refractivity contribution in [3.05, 3.63) is 42.4 Å². The molecule has 1 saturated carbocycles. The van der Waals surface area contributed by atoms with Crippen molar-refractivity contribution in [2.75, 3.05) is 12.4 Å². The maximum atomic E-state index is 12.2. The van der Waals surface area contributed by atoms with Crippen molar-refractivity contribution in [1.29, 1.82) is 0 Å². The van der Waals surface area contributed by atoms with E-state index in [0.717, 1.165) is 40.7 Å². The summed E-state index contributed by atoms with van der Waals surface area (Å²) in [7, 11) is 1.68. The van der Waals surface area contributed by atoms with Gasteiger partial charge in [-0.1, -0.05) is 0 Å². The summed E-state index contributed by atoms with van der Waals surface area (Å²) in [6.45, 7) is 1.97. The fourth-order valence-corrected chi connectivity index (χ4v) is 3.16. The molecule has 2 N–H and O–H groups in total. The first kappa shape index (κ1) is 15.8. The molecule has 3 aromatic rings. The third kappa shape index (κ3) is 3.13. The fourth-order valence-electron chi connectivity index (χ4n) is 3.16. The lowest BCUT2D eigenvalue weighted by atomic mass is 9.81. The second-order valence-electron chi connectivity index (χ2n) is 6.54. The highest BCUT2D eigenvalue weighted by atomic mass is 16.5. The van der Waals surface area contributed by atoms with Gasteiger partial charge in [0.05, 0.1) is 11.6 Å². The predicted molar refractivity (Wildman–Crippen MR) is 96.2 cm³/mol. The molecule has 0 bridgehead atoms. The molecule has 0 radical (unpaired) electrons. The quantitative estimate of drug-likeness (QED) is 0.766. The molecule has 0 saturated heterocycles. The summed E-state index contributed by atoms with van der Waals surface area (Å²) in [6.07, 6.45) is 5.34. The van der Waals surface area contributed by atoms with Gasteiger partial charge in [-0.3, -0.25) is 9.78 Å². The molecular formula is C19H20N4O2. The number of aromatic nitrogens is 3. The zero-order valence-corrected chi connectivity index (χ0v) is 14.2. The summed E-state index contributed by atoms with van der Waals surface area (Å²) in [5.74, 6) is 0.593. The van der Waals surface area contributed by atoms with E-state index in [4.69, 9.17) is 4.74 Å². The van der Waals surface area contributed by atoms with Gasteiger partial charge in [0.1, 0.15) is 5.82 Å². The van der Waals surface area contributed by atoms with E-state index in [2.05, 4.69) is 26.3 Å². The molecule has 1 fully saturated rings. The van der Waals surface area contributed by atoms with Gasteiger partial charge in [0.15, 0.2) is 0 Å². The molecule has 0 unspecified atom stereocenters. The number of aromatic amines is 1. The Labute approximate surface area is 145 Å². The summed E-state index contributed by atoms with van der Waals surface area (Å²) in [6, 6.07) is 7.93. The number of aryl methyl sites for hydroxylation is 1. The van der Waals surface area contributed by atoms with Crippen molar-refractivity contribution < 1.29 is 9.53 Å². The molecule has 4 rings (SSSR count). The molecule has 25 heavy (non-hydrogen) atoms. The molecule has 0 spiro atoms. The van der Waals surface area contributed by atoms with E-state index in [9.17, 15) is 4.79 Å². The number of methoxy groups -OCH3 is 1. The number of nitrogens with zero attached hydrogens (tertiary/aromatic N) is 2. The molecule has 0 atom stereocenters. The Bertz CT molecular complexity index is 928. The van der Waals surface area contributed by atoms with Gasteiger partial charge in [-0.05, 0) is 38.0 Å². The molecule has 3 aromatic heterocycles. The van der Waals surface area contributed by atoms with E-state index in [1.54, 1.807) is 19.5 Å². The van der Waals surface area contributed by atoms with Crippen LogP contribution in [0.2, 0.25) is 0 Å². The second-order valence-corrected chi connectivity index (χ2v) is 6.54. The number of H-pyrrole nitrogens is 1. The standard InChI is InChI=1S/C19H20N4O2/c1-11-5-12(3-4-20-11)16-8-14-10-21-18(9-17(14)22-16)23-19(24)13-6-15(7-13)25-2/h3-5,8-10,13,15,22H,6-7H2,1-2H3,(H,21,23,24). The molecule has 1 aliphatic carbocycles. The molecule has 6 nitrogen and oxygen atoms in total. The minimum absolute atomic E-state index is 0.0108. The van der Waals surface area contributed by atoms with Crippen molar-refractivity contribution in [3.63, 3.8) is 0 Å². The monoisotopic (exact) mass is 336 g/mol. The van der Waals surface area contributed by atoms with Gasteiger partial charge in [-0.2, -0.15) is 0 Å². The van der Waals surface area contributed by atoms with Crippen LogP contribution in [0.1, 0.15) is 18.5 Å². The number of nitrogens with one attached hydrogen (secondary N) is 2. The Balaban J connectivity index is 1.53. The largest absolute Gasteiger partial charge is 0.381 e. The van der Waals surface area contributed by atoms with Crippen molar-refractivity contribution in [3.8, 4) is 11.3 Å². The topological polar surface area (TPSA) is 79.9 Å². The Morgan fingerprint density at radius 3 is 2.88 bits per heavy atom. The van der Waals surface area contributed by atoms with Gasteiger partial charge in [0.2, 0.25) is 5.91 Å². The number of carbonyl (C=O) groups is 1. The lowest BCUT2D eigenvalue weighted by Gasteiger charge is -2.32. The lowest BCUT2D eigenvalue weighted by Crippen LogP contribution is -2.38. The number of ether oxygens (including phenoxy) is 1. The van der Waals surface area contributed by atoms with E-state index in [0.29, 0.717) is 5.82 Å². The van der Waals surface area contributed by atoms with E-state index >= 15 is 0 Å². The maximum Gasteiger partial charge on any atom is 0.228 e. The van der Waals surface area contributed by atoms with Gasteiger partial charge in [-0.25, -0.2) is 4.98 Å². The second kappa shape index (κ2) is 6.29. The molecule has 3 heterocycles. The normalized spacial score (nSPS) is 19.6. The van der Waals surface area contributed by atoms with Crippen LogP contribution in [-0.4, -0.2) is 34.1 Å². The van der Waals surface area contributed by atoms with Gasteiger partial charge in [0, 0.05) is 53.8 Å². The number of amides is 1. The summed E-state index contributed by atoms with van der Waals surface area (Å²) >= 11 is 0. The van der Waals surface area contributed by atoms with E-state index < -0.39 is 0 Å². The molecule has 6 heteroatoms. The summed E-state index contributed by atoms with van der Waals surface area (Å²) in [5.41, 5.74) is 4.00. The zero-order chi connectivity index (χ0) is 17.4. The highest BCUT2D eigenvalue weighted by molar-refractivity contribution is 5.94. The van der Waals surface area contributed by atoms with Crippen LogP contribution < -0.4 is 5.32 Å². The van der Waals surface area contributed by atoms with E-state index in [-0.39, 0.29) is 17.9 Å². The smallest absolute Gasteiger partial charge is 0.228 e. The Morgan fingerprint density at radius 2 is 2.12 bits per heavy atom. The number of carbonyl (C=O) groups excluding carboxylic acids is 1. The van der Waals surface area contributed by atoms with Crippen LogP contribution in [0.4, 0.5) is 5.82 Å². The minimum Gasteiger partial charge on any atom is -0.381 e. The third-order valence-corrected chi connectivity index (χ3v) is 4.76.